The summed E-state index contributed by atoms with van der Waals surface area (Å²) >= 11 is 0. The van der Waals surface area contributed by atoms with Gasteiger partial charge in [-0.15, -0.1) is 0 Å². The van der Waals surface area contributed by atoms with E-state index >= 15 is 0 Å². The maximum atomic E-state index is 12.5. The predicted molar refractivity (Wildman–Crippen MR) is 72.7 cm³/mol. The van der Waals surface area contributed by atoms with Crippen molar-refractivity contribution in [3.63, 3.8) is 0 Å². The van der Waals surface area contributed by atoms with Crippen LogP contribution in [0.25, 0.3) is 11.0 Å². The fraction of sp³-hybridized carbons (Fsp3) is 0.333. The van der Waals surface area contributed by atoms with Crippen molar-refractivity contribution in [3.8, 4) is 0 Å². The van der Waals surface area contributed by atoms with Crippen LogP contribution in [0.4, 0.5) is 0 Å². The van der Waals surface area contributed by atoms with Gasteiger partial charge in [-0.05, 0) is 12.1 Å². The lowest BCUT2D eigenvalue weighted by atomic mass is 10.2. The number of hydrogen-bond acceptors (Lipinski definition) is 4. The molecule has 7 nitrogen and oxygen atoms in total. The third-order valence-corrected chi connectivity index (χ3v) is 4.92. The molecular weight excluding hydrogens is 282 g/mol. The van der Waals surface area contributed by atoms with E-state index in [1.165, 1.54) is 20.2 Å². The standard InChI is InChI=1S/C12H15N3O4S/c1-8(12(16)17)7-15(2)20(18,19)10-6-14-11-9(10)4-3-5-13-11/h3-6,8H,7H2,1-2H3,(H,13,14)(H,16,17). The largest absolute Gasteiger partial charge is 0.481 e. The monoisotopic (exact) mass is 297 g/mol. The number of hydrogen-bond donors (Lipinski definition) is 2. The zero-order valence-electron chi connectivity index (χ0n) is 11.1. The molecule has 0 bridgehead atoms. The summed E-state index contributed by atoms with van der Waals surface area (Å²) in [6.45, 7) is 1.37. The van der Waals surface area contributed by atoms with Gasteiger partial charge in [0, 0.05) is 31.4 Å². The molecule has 8 heteroatoms. The van der Waals surface area contributed by atoms with E-state index < -0.39 is 21.9 Å². The molecule has 1 atom stereocenters. The number of aromatic nitrogens is 2. The second kappa shape index (κ2) is 5.22. The van der Waals surface area contributed by atoms with Gasteiger partial charge in [-0.2, -0.15) is 0 Å². The number of rotatable bonds is 5. The Morgan fingerprint density at radius 3 is 2.90 bits per heavy atom. The van der Waals surface area contributed by atoms with Crippen LogP contribution in [0.5, 0.6) is 0 Å². The van der Waals surface area contributed by atoms with Gasteiger partial charge in [0.05, 0.1) is 5.92 Å². The number of fused-ring (bicyclic) bond motifs is 1. The van der Waals surface area contributed by atoms with E-state index in [9.17, 15) is 13.2 Å². The molecule has 0 aliphatic rings. The molecule has 2 heterocycles. The fourth-order valence-electron chi connectivity index (χ4n) is 1.87. The Morgan fingerprint density at radius 2 is 2.25 bits per heavy atom. The molecule has 0 spiro atoms. The molecule has 20 heavy (non-hydrogen) atoms. The molecule has 0 aromatic carbocycles. The molecule has 2 aromatic heterocycles. The highest BCUT2D eigenvalue weighted by atomic mass is 32.2. The van der Waals surface area contributed by atoms with Gasteiger partial charge in [0.1, 0.15) is 10.5 Å². The molecule has 0 saturated heterocycles. The molecule has 0 amide bonds. The Balaban J connectivity index is 2.37. The van der Waals surface area contributed by atoms with Crippen LogP contribution >= 0.6 is 0 Å². The average molecular weight is 297 g/mol. The minimum absolute atomic E-state index is 0.0927. The lowest BCUT2D eigenvalue weighted by molar-refractivity contribution is -0.141. The molecule has 0 fully saturated rings. The van der Waals surface area contributed by atoms with Gasteiger partial charge < -0.3 is 10.1 Å². The lowest BCUT2D eigenvalue weighted by Crippen LogP contribution is -2.33. The van der Waals surface area contributed by atoms with Crippen molar-refractivity contribution in [2.45, 2.75) is 11.8 Å². The van der Waals surface area contributed by atoms with Gasteiger partial charge in [-0.1, -0.05) is 6.92 Å². The van der Waals surface area contributed by atoms with Gasteiger partial charge in [0.2, 0.25) is 10.0 Å². The molecule has 0 saturated carbocycles. The molecule has 2 N–H and O–H groups in total. The van der Waals surface area contributed by atoms with Crippen LogP contribution in [0.2, 0.25) is 0 Å². The second-order valence-electron chi connectivity index (χ2n) is 4.58. The minimum Gasteiger partial charge on any atom is -0.481 e. The van der Waals surface area contributed by atoms with Crippen LogP contribution in [0, 0.1) is 5.92 Å². The summed E-state index contributed by atoms with van der Waals surface area (Å²) in [5, 5.41) is 9.35. The first-order valence-corrected chi connectivity index (χ1v) is 7.39. The van der Waals surface area contributed by atoms with Crippen molar-refractivity contribution >= 4 is 27.0 Å². The Morgan fingerprint density at radius 1 is 1.55 bits per heavy atom. The summed E-state index contributed by atoms with van der Waals surface area (Å²) in [6.07, 6.45) is 2.93. The summed E-state index contributed by atoms with van der Waals surface area (Å²) in [6, 6.07) is 3.30. The first kappa shape index (κ1) is 14.5. The number of sulfonamides is 1. The van der Waals surface area contributed by atoms with Crippen molar-refractivity contribution in [1.29, 1.82) is 0 Å². The number of H-pyrrole nitrogens is 1. The van der Waals surface area contributed by atoms with E-state index in [4.69, 9.17) is 5.11 Å². The number of carbonyl (C=O) groups is 1. The molecular formula is C12H15N3O4S. The molecule has 1 unspecified atom stereocenters. The molecule has 108 valence electrons. The smallest absolute Gasteiger partial charge is 0.307 e. The summed E-state index contributed by atoms with van der Waals surface area (Å²) in [7, 11) is -2.39. The zero-order chi connectivity index (χ0) is 14.9. The van der Waals surface area contributed by atoms with Crippen LogP contribution in [0.15, 0.2) is 29.4 Å². The first-order chi connectivity index (χ1) is 9.34. The van der Waals surface area contributed by atoms with Crippen LogP contribution in [-0.4, -0.2) is 47.4 Å². The number of nitrogens with one attached hydrogen (secondary N) is 1. The molecule has 2 aromatic rings. The Labute approximate surface area is 116 Å². The van der Waals surface area contributed by atoms with Crippen molar-refractivity contribution in [2.24, 2.45) is 5.92 Å². The van der Waals surface area contributed by atoms with E-state index in [0.29, 0.717) is 11.0 Å². The maximum Gasteiger partial charge on any atom is 0.307 e. The van der Waals surface area contributed by atoms with Crippen LogP contribution in [-0.2, 0) is 14.8 Å². The van der Waals surface area contributed by atoms with E-state index in [1.807, 2.05) is 0 Å². The van der Waals surface area contributed by atoms with Gasteiger partial charge in [0.25, 0.3) is 0 Å². The number of pyridine rings is 1. The van der Waals surface area contributed by atoms with E-state index in [2.05, 4.69) is 9.97 Å². The van der Waals surface area contributed by atoms with Crippen LogP contribution < -0.4 is 0 Å². The van der Waals surface area contributed by atoms with Crippen molar-refractivity contribution in [2.75, 3.05) is 13.6 Å². The molecule has 0 aliphatic heterocycles. The SMILES string of the molecule is CC(CN(C)S(=O)(=O)c1c[nH]c2ncccc12)C(=O)O. The fourth-order valence-corrected chi connectivity index (χ4v) is 3.28. The quantitative estimate of drug-likeness (QED) is 0.853. The highest BCUT2D eigenvalue weighted by Gasteiger charge is 2.27. The maximum absolute atomic E-state index is 12.5. The van der Waals surface area contributed by atoms with E-state index in [0.717, 1.165) is 4.31 Å². The topological polar surface area (TPSA) is 103 Å². The third-order valence-electron chi connectivity index (χ3n) is 3.05. The third kappa shape index (κ3) is 2.52. The lowest BCUT2D eigenvalue weighted by Gasteiger charge is -2.18. The Bertz CT molecular complexity index is 738. The second-order valence-corrected chi connectivity index (χ2v) is 6.59. The zero-order valence-corrected chi connectivity index (χ0v) is 11.9. The van der Waals surface area contributed by atoms with E-state index in [-0.39, 0.29) is 11.4 Å². The average Bonchev–Trinajstić information content (AvgIpc) is 2.82. The number of aromatic amines is 1. The van der Waals surface area contributed by atoms with Crippen molar-refractivity contribution in [3.05, 3.63) is 24.5 Å². The minimum atomic E-state index is -3.75. The van der Waals surface area contributed by atoms with Gasteiger partial charge in [-0.3, -0.25) is 4.79 Å². The number of aliphatic carboxylic acids is 1. The number of nitrogens with zero attached hydrogens (tertiary/aromatic N) is 2. The highest BCUT2D eigenvalue weighted by molar-refractivity contribution is 7.89. The summed E-state index contributed by atoms with van der Waals surface area (Å²) in [5.74, 6) is -1.81. The normalized spacial score (nSPS) is 13.8. The van der Waals surface area contributed by atoms with Gasteiger partial charge in [-0.25, -0.2) is 17.7 Å². The number of carboxylic acid groups (broad SMARTS) is 1. The molecule has 2 rings (SSSR count). The van der Waals surface area contributed by atoms with Crippen LogP contribution in [0.1, 0.15) is 6.92 Å². The predicted octanol–water partition coefficient (Wildman–Crippen LogP) is 0.904. The summed E-state index contributed by atoms with van der Waals surface area (Å²) in [5.41, 5.74) is 0.478. The molecule has 0 aliphatic carbocycles. The summed E-state index contributed by atoms with van der Waals surface area (Å²) in [4.78, 5) is 17.7. The first-order valence-electron chi connectivity index (χ1n) is 5.95. The van der Waals surface area contributed by atoms with Gasteiger partial charge in [0.15, 0.2) is 0 Å². The highest BCUT2D eigenvalue weighted by Crippen LogP contribution is 2.23. The number of carboxylic acids is 1. The Hall–Kier alpha value is -1.93. The Kier molecular flexibility index (Phi) is 3.78. The van der Waals surface area contributed by atoms with E-state index in [1.54, 1.807) is 18.3 Å². The van der Waals surface area contributed by atoms with Gasteiger partial charge >= 0.3 is 5.97 Å². The van der Waals surface area contributed by atoms with Crippen molar-refractivity contribution < 1.29 is 18.3 Å². The molecule has 0 radical (unpaired) electrons. The summed E-state index contributed by atoms with van der Waals surface area (Å²) < 4.78 is 25.9. The van der Waals surface area contributed by atoms with Crippen molar-refractivity contribution in [1.82, 2.24) is 14.3 Å². The van der Waals surface area contributed by atoms with Crippen LogP contribution in [0.3, 0.4) is 0 Å².